The summed E-state index contributed by atoms with van der Waals surface area (Å²) in [5.74, 6) is 0. The van der Waals surface area contributed by atoms with Gasteiger partial charge in [-0.15, -0.1) is 0 Å². The molecule has 82 valence electrons. The van der Waals surface area contributed by atoms with Crippen LogP contribution in [0.2, 0.25) is 0 Å². The minimum absolute atomic E-state index is 0.614. The van der Waals surface area contributed by atoms with Crippen molar-refractivity contribution in [2.75, 3.05) is 11.4 Å². The molecule has 1 nitrogen and oxygen atoms in total. The molecule has 0 radical (unpaired) electrons. The van der Waals surface area contributed by atoms with Crippen LogP contribution in [0.25, 0.3) is 0 Å². The molecule has 0 amide bonds. The van der Waals surface area contributed by atoms with E-state index in [2.05, 4.69) is 43.9 Å². The Bertz CT molecular complexity index is 341. The van der Waals surface area contributed by atoms with Crippen molar-refractivity contribution in [1.29, 1.82) is 0 Å². The first kappa shape index (κ1) is 10.5. The van der Waals surface area contributed by atoms with Gasteiger partial charge in [0.05, 0.1) is 0 Å². The zero-order valence-electron chi connectivity index (χ0n) is 10.1. The second kappa shape index (κ2) is 4.26. The van der Waals surface area contributed by atoms with Crippen LogP contribution in [0.4, 0.5) is 5.69 Å². The van der Waals surface area contributed by atoms with Crippen molar-refractivity contribution in [2.45, 2.75) is 46.1 Å². The van der Waals surface area contributed by atoms with Crippen LogP contribution in [0, 0.1) is 6.92 Å². The van der Waals surface area contributed by atoms with Gasteiger partial charge in [-0.1, -0.05) is 12.1 Å². The highest BCUT2D eigenvalue weighted by molar-refractivity contribution is 5.57. The first-order valence-electron chi connectivity index (χ1n) is 6.05. The van der Waals surface area contributed by atoms with E-state index in [-0.39, 0.29) is 0 Å². The summed E-state index contributed by atoms with van der Waals surface area (Å²) in [4.78, 5) is 2.55. The van der Waals surface area contributed by atoms with Crippen LogP contribution in [-0.2, 0) is 6.42 Å². The molecule has 1 heterocycles. The molecule has 0 saturated heterocycles. The molecule has 0 aliphatic carbocycles. The summed E-state index contributed by atoms with van der Waals surface area (Å²) in [6, 6.07) is 7.33. The van der Waals surface area contributed by atoms with Gasteiger partial charge in [0.25, 0.3) is 0 Å². The highest BCUT2D eigenvalue weighted by Gasteiger charge is 2.18. The largest absolute Gasteiger partial charge is 0.369 e. The first-order chi connectivity index (χ1) is 7.20. The van der Waals surface area contributed by atoms with Gasteiger partial charge in [-0.2, -0.15) is 0 Å². The monoisotopic (exact) mass is 203 g/mol. The maximum absolute atomic E-state index is 2.55. The van der Waals surface area contributed by atoms with Crippen molar-refractivity contribution in [3.05, 3.63) is 29.3 Å². The van der Waals surface area contributed by atoms with E-state index in [0.29, 0.717) is 6.04 Å². The normalized spacial score (nSPS) is 16.4. The average Bonchev–Trinajstić information content (AvgIpc) is 2.40. The number of rotatable bonds is 1. The molecule has 1 aromatic carbocycles. The van der Waals surface area contributed by atoms with E-state index >= 15 is 0 Å². The van der Waals surface area contributed by atoms with Gasteiger partial charge >= 0.3 is 0 Å². The van der Waals surface area contributed by atoms with Gasteiger partial charge in [0.15, 0.2) is 0 Å². The van der Waals surface area contributed by atoms with Crippen molar-refractivity contribution in [3.63, 3.8) is 0 Å². The zero-order chi connectivity index (χ0) is 10.8. The van der Waals surface area contributed by atoms with Crippen LogP contribution in [0.5, 0.6) is 0 Å². The highest BCUT2D eigenvalue weighted by Crippen LogP contribution is 2.29. The van der Waals surface area contributed by atoms with E-state index < -0.39 is 0 Å². The number of nitrogens with zero attached hydrogens (tertiary/aromatic N) is 1. The lowest BCUT2D eigenvalue weighted by Crippen LogP contribution is -2.31. The number of aryl methyl sites for hydroxylation is 1. The molecule has 0 atom stereocenters. The maximum atomic E-state index is 2.55. The van der Waals surface area contributed by atoms with Crippen LogP contribution in [-0.4, -0.2) is 12.6 Å². The smallest absolute Gasteiger partial charge is 0.0403 e. The third kappa shape index (κ3) is 2.01. The summed E-state index contributed by atoms with van der Waals surface area (Å²) < 4.78 is 0. The Morgan fingerprint density at radius 1 is 1.20 bits per heavy atom. The minimum atomic E-state index is 0.614. The molecule has 1 aliphatic heterocycles. The van der Waals surface area contributed by atoms with Gasteiger partial charge in [-0.05, 0) is 57.2 Å². The molecule has 0 saturated carbocycles. The van der Waals surface area contributed by atoms with E-state index in [1.807, 2.05) is 0 Å². The van der Waals surface area contributed by atoms with Crippen LogP contribution in [0.15, 0.2) is 18.2 Å². The Hall–Kier alpha value is -0.980. The van der Waals surface area contributed by atoms with E-state index in [1.165, 1.54) is 37.1 Å². The average molecular weight is 203 g/mol. The molecule has 15 heavy (non-hydrogen) atoms. The SMILES string of the molecule is Cc1cccc2c1CCCCN2C(C)C. The minimum Gasteiger partial charge on any atom is -0.369 e. The highest BCUT2D eigenvalue weighted by atomic mass is 15.2. The second-order valence-electron chi connectivity index (χ2n) is 4.82. The summed E-state index contributed by atoms with van der Waals surface area (Å²) >= 11 is 0. The molecule has 0 bridgehead atoms. The van der Waals surface area contributed by atoms with Crippen LogP contribution in [0.1, 0.15) is 37.8 Å². The molecule has 2 rings (SSSR count). The quantitative estimate of drug-likeness (QED) is 0.674. The van der Waals surface area contributed by atoms with Crippen molar-refractivity contribution in [1.82, 2.24) is 0 Å². The second-order valence-corrected chi connectivity index (χ2v) is 4.82. The summed E-state index contributed by atoms with van der Waals surface area (Å²) in [7, 11) is 0. The van der Waals surface area contributed by atoms with E-state index in [4.69, 9.17) is 0 Å². The number of anilines is 1. The van der Waals surface area contributed by atoms with E-state index in [9.17, 15) is 0 Å². The lowest BCUT2D eigenvalue weighted by atomic mass is 10.0. The molecule has 0 N–H and O–H groups in total. The van der Waals surface area contributed by atoms with Gasteiger partial charge in [0.1, 0.15) is 0 Å². The van der Waals surface area contributed by atoms with E-state index in [0.717, 1.165) is 0 Å². The molecule has 1 heteroatoms. The molecule has 0 unspecified atom stereocenters. The van der Waals surface area contributed by atoms with Crippen molar-refractivity contribution in [2.24, 2.45) is 0 Å². The number of hydrogen-bond acceptors (Lipinski definition) is 1. The van der Waals surface area contributed by atoms with Crippen LogP contribution in [0.3, 0.4) is 0 Å². The van der Waals surface area contributed by atoms with Gasteiger partial charge in [-0.3, -0.25) is 0 Å². The van der Waals surface area contributed by atoms with Crippen molar-refractivity contribution in [3.8, 4) is 0 Å². The summed E-state index contributed by atoms with van der Waals surface area (Å²) in [5.41, 5.74) is 4.51. The summed E-state index contributed by atoms with van der Waals surface area (Å²) in [5, 5.41) is 0. The molecule has 0 aromatic heterocycles. The third-order valence-electron chi connectivity index (χ3n) is 3.39. The Morgan fingerprint density at radius 2 is 2.00 bits per heavy atom. The number of hydrogen-bond donors (Lipinski definition) is 0. The van der Waals surface area contributed by atoms with Crippen molar-refractivity contribution < 1.29 is 0 Å². The Balaban J connectivity index is 2.45. The van der Waals surface area contributed by atoms with E-state index in [1.54, 1.807) is 5.56 Å². The fourth-order valence-electron chi connectivity index (χ4n) is 2.52. The molecule has 0 spiro atoms. The van der Waals surface area contributed by atoms with Crippen LogP contribution >= 0.6 is 0 Å². The van der Waals surface area contributed by atoms with Crippen LogP contribution < -0.4 is 4.90 Å². The Labute approximate surface area is 93.1 Å². The fourth-order valence-corrected chi connectivity index (χ4v) is 2.52. The maximum Gasteiger partial charge on any atom is 0.0403 e. The predicted molar refractivity (Wildman–Crippen MR) is 66.6 cm³/mol. The van der Waals surface area contributed by atoms with Gasteiger partial charge < -0.3 is 4.90 Å². The Kier molecular flexibility index (Phi) is 2.99. The lowest BCUT2D eigenvalue weighted by molar-refractivity contribution is 0.652. The molecular weight excluding hydrogens is 182 g/mol. The zero-order valence-corrected chi connectivity index (χ0v) is 10.1. The summed E-state index contributed by atoms with van der Waals surface area (Å²) in [6.45, 7) is 8.03. The fraction of sp³-hybridized carbons (Fsp3) is 0.571. The number of fused-ring (bicyclic) bond motifs is 1. The Morgan fingerprint density at radius 3 is 2.73 bits per heavy atom. The van der Waals surface area contributed by atoms with Gasteiger partial charge in [0, 0.05) is 18.3 Å². The van der Waals surface area contributed by atoms with Gasteiger partial charge in [0.2, 0.25) is 0 Å². The summed E-state index contributed by atoms with van der Waals surface area (Å²) in [6.07, 6.45) is 3.92. The first-order valence-corrected chi connectivity index (χ1v) is 6.05. The predicted octanol–water partition coefficient (Wildman–Crippen LogP) is 3.55. The van der Waals surface area contributed by atoms with Gasteiger partial charge in [-0.25, -0.2) is 0 Å². The topological polar surface area (TPSA) is 3.24 Å². The molecule has 1 aliphatic rings. The lowest BCUT2D eigenvalue weighted by Gasteiger charge is -2.29. The molecule has 0 fully saturated rings. The number of benzene rings is 1. The standard InChI is InChI=1S/C14H21N/c1-11(2)15-10-5-4-8-13-12(3)7-6-9-14(13)15/h6-7,9,11H,4-5,8,10H2,1-3H3. The van der Waals surface area contributed by atoms with Crippen molar-refractivity contribution >= 4 is 5.69 Å². The molecule has 1 aromatic rings. The molecular formula is C14H21N. The third-order valence-corrected chi connectivity index (χ3v) is 3.39.